The Balaban J connectivity index is 3.24. The Labute approximate surface area is 178 Å². The Hall–Kier alpha value is -1.79. The molecule has 0 atom stereocenters. The molecule has 0 radical (unpaired) electrons. The molecule has 176 valence electrons. The van der Waals surface area contributed by atoms with Gasteiger partial charge >= 0.3 is 0 Å². The number of methoxy groups -OCH3 is 1. The van der Waals surface area contributed by atoms with Crippen molar-refractivity contribution in [3.8, 4) is 0 Å². The molecule has 0 aliphatic rings. The highest BCUT2D eigenvalue weighted by Gasteiger charge is 2.04. The summed E-state index contributed by atoms with van der Waals surface area (Å²) >= 11 is 0. The van der Waals surface area contributed by atoms with Gasteiger partial charge in [-0.05, 0) is 0 Å². The van der Waals surface area contributed by atoms with Gasteiger partial charge in [-0.15, -0.1) is 0 Å². The smallest absolute Gasteiger partial charge is 0.222 e. The number of rotatable bonds is 21. The zero-order valence-electron chi connectivity index (χ0n) is 18.2. The lowest BCUT2D eigenvalue weighted by molar-refractivity contribution is -0.126. The summed E-state index contributed by atoms with van der Waals surface area (Å²) in [5.74, 6) is -0.426. The van der Waals surface area contributed by atoms with Crippen molar-refractivity contribution in [2.24, 2.45) is 0 Å². The predicted molar refractivity (Wildman–Crippen MR) is 109 cm³/mol. The van der Waals surface area contributed by atoms with E-state index in [1.165, 1.54) is 7.05 Å². The fraction of sp³-hybridized carbons (Fsp3) is 0.842. The SMILES string of the molecule is CNC(=O)CCC(=O)NCCOCCOCCOCCC(=O)NCCOCCOC. The molecule has 0 unspecified atom stereocenters. The van der Waals surface area contributed by atoms with Crippen LogP contribution in [0.25, 0.3) is 0 Å². The summed E-state index contributed by atoms with van der Waals surface area (Å²) in [5, 5.41) is 7.87. The zero-order valence-corrected chi connectivity index (χ0v) is 18.2. The largest absolute Gasteiger partial charge is 0.382 e. The third-order valence-electron chi connectivity index (χ3n) is 3.64. The molecule has 0 aliphatic carbocycles. The number of hydrogen-bond donors (Lipinski definition) is 3. The van der Waals surface area contributed by atoms with Gasteiger partial charge < -0.3 is 39.6 Å². The molecule has 0 aromatic carbocycles. The van der Waals surface area contributed by atoms with Gasteiger partial charge in [0.2, 0.25) is 17.7 Å². The molecule has 0 rings (SSSR count). The van der Waals surface area contributed by atoms with Gasteiger partial charge in [0.05, 0.1) is 59.5 Å². The van der Waals surface area contributed by atoms with Crippen LogP contribution in [0.2, 0.25) is 0 Å². The van der Waals surface area contributed by atoms with Gasteiger partial charge in [-0.3, -0.25) is 14.4 Å². The molecule has 30 heavy (non-hydrogen) atoms. The first-order valence-electron chi connectivity index (χ1n) is 10.1. The number of amides is 3. The Morgan fingerprint density at radius 3 is 1.53 bits per heavy atom. The van der Waals surface area contributed by atoms with Crippen molar-refractivity contribution >= 4 is 17.7 Å². The maximum absolute atomic E-state index is 11.6. The van der Waals surface area contributed by atoms with Crippen molar-refractivity contribution in [2.45, 2.75) is 19.3 Å². The third-order valence-corrected chi connectivity index (χ3v) is 3.64. The van der Waals surface area contributed by atoms with Crippen molar-refractivity contribution in [1.29, 1.82) is 0 Å². The molecule has 11 heteroatoms. The van der Waals surface area contributed by atoms with E-state index in [4.69, 9.17) is 23.7 Å². The molecule has 0 fully saturated rings. The van der Waals surface area contributed by atoms with Crippen LogP contribution in [-0.4, -0.2) is 104 Å². The zero-order chi connectivity index (χ0) is 22.3. The van der Waals surface area contributed by atoms with Gasteiger partial charge in [0.1, 0.15) is 0 Å². The van der Waals surface area contributed by atoms with Crippen LogP contribution in [0.4, 0.5) is 0 Å². The summed E-state index contributed by atoms with van der Waals surface area (Å²) in [4.78, 5) is 34.0. The standard InChI is InChI=1S/C19H37N3O8/c1-20-17(23)3-4-18(24)21-6-10-29-14-16-30-15-13-27-8-5-19(25)22-7-9-28-12-11-26-2/h3-16H2,1-2H3,(H,20,23)(H,21,24)(H,22,25). The normalized spacial score (nSPS) is 10.6. The Bertz CT molecular complexity index is 451. The highest BCUT2D eigenvalue weighted by molar-refractivity contribution is 5.83. The molecule has 0 saturated carbocycles. The lowest BCUT2D eigenvalue weighted by Gasteiger charge is -2.08. The van der Waals surface area contributed by atoms with Crippen LogP contribution in [0.1, 0.15) is 19.3 Å². The van der Waals surface area contributed by atoms with Crippen LogP contribution in [0, 0.1) is 0 Å². The highest BCUT2D eigenvalue weighted by Crippen LogP contribution is 1.89. The number of hydrogen-bond acceptors (Lipinski definition) is 8. The van der Waals surface area contributed by atoms with Crippen LogP contribution in [0.5, 0.6) is 0 Å². The topological polar surface area (TPSA) is 133 Å². The first-order valence-corrected chi connectivity index (χ1v) is 10.1. The predicted octanol–water partition coefficient (Wildman–Crippen LogP) is -1.15. The molecule has 0 aromatic rings. The number of carbonyl (C=O) groups excluding carboxylic acids is 3. The van der Waals surface area contributed by atoms with Gasteiger partial charge in [-0.25, -0.2) is 0 Å². The summed E-state index contributed by atoms with van der Waals surface area (Å²) in [7, 11) is 3.14. The second kappa shape index (κ2) is 21.9. The van der Waals surface area contributed by atoms with E-state index in [1.54, 1.807) is 7.11 Å². The van der Waals surface area contributed by atoms with E-state index in [0.29, 0.717) is 72.6 Å². The lowest BCUT2D eigenvalue weighted by atomic mass is 10.3. The number of carbonyl (C=O) groups is 3. The van der Waals surface area contributed by atoms with E-state index in [-0.39, 0.29) is 37.0 Å². The molecule has 0 spiro atoms. The second-order valence-electron chi connectivity index (χ2n) is 6.07. The molecule has 11 nitrogen and oxygen atoms in total. The Morgan fingerprint density at radius 1 is 0.567 bits per heavy atom. The van der Waals surface area contributed by atoms with E-state index in [1.807, 2.05) is 0 Å². The molecule has 3 amide bonds. The first kappa shape index (κ1) is 28.2. The second-order valence-corrected chi connectivity index (χ2v) is 6.07. The number of ether oxygens (including phenoxy) is 5. The minimum Gasteiger partial charge on any atom is -0.382 e. The van der Waals surface area contributed by atoms with E-state index in [0.717, 1.165) is 0 Å². The van der Waals surface area contributed by atoms with Gasteiger partial charge in [-0.2, -0.15) is 0 Å². The highest BCUT2D eigenvalue weighted by atomic mass is 16.5. The van der Waals surface area contributed by atoms with Gasteiger partial charge in [0.25, 0.3) is 0 Å². The minimum absolute atomic E-state index is 0.0830. The van der Waals surface area contributed by atoms with E-state index in [2.05, 4.69) is 16.0 Å². The molecule has 0 bridgehead atoms. The van der Waals surface area contributed by atoms with Crippen LogP contribution in [0.15, 0.2) is 0 Å². The maximum Gasteiger partial charge on any atom is 0.222 e. The Kier molecular flexibility index (Phi) is 20.6. The molecule has 0 heterocycles. The molecule has 0 aliphatic heterocycles. The van der Waals surface area contributed by atoms with Crippen molar-refractivity contribution in [3.63, 3.8) is 0 Å². The summed E-state index contributed by atoms with van der Waals surface area (Å²) in [6, 6.07) is 0. The van der Waals surface area contributed by atoms with Gasteiger partial charge in [-0.1, -0.05) is 0 Å². The quantitative estimate of drug-likeness (QED) is 0.193. The summed E-state index contributed by atoms with van der Waals surface area (Å²) in [6.07, 6.45) is 0.623. The number of nitrogens with one attached hydrogen (secondary N) is 3. The average Bonchev–Trinajstić information content (AvgIpc) is 2.75. The van der Waals surface area contributed by atoms with E-state index in [9.17, 15) is 14.4 Å². The molecule has 3 N–H and O–H groups in total. The van der Waals surface area contributed by atoms with Crippen molar-refractivity contribution in [1.82, 2.24) is 16.0 Å². The molecular formula is C19H37N3O8. The first-order chi connectivity index (χ1) is 14.6. The van der Waals surface area contributed by atoms with E-state index < -0.39 is 0 Å². The fourth-order valence-corrected chi connectivity index (χ4v) is 2.01. The van der Waals surface area contributed by atoms with Crippen LogP contribution >= 0.6 is 0 Å². The summed E-state index contributed by atoms with van der Waals surface area (Å²) in [6.45, 7) is 4.68. The molecular weight excluding hydrogens is 398 g/mol. The van der Waals surface area contributed by atoms with Crippen LogP contribution in [-0.2, 0) is 38.1 Å². The minimum atomic E-state index is -0.181. The Morgan fingerprint density at radius 2 is 1.00 bits per heavy atom. The van der Waals surface area contributed by atoms with Crippen LogP contribution in [0.3, 0.4) is 0 Å². The lowest BCUT2D eigenvalue weighted by Crippen LogP contribution is -2.29. The summed E-state index contributed by atoms with van der Waals surface area (Å²) in [5.41, 5.74) is 0. The third kappa shape index (κ3) is 20.9. The van der Waals surface area contributed by atoms with Crippen molar-refractivity contribution < 1.29 is 38.1 Å². The maximum atomic E-state index is 11.6. The van der Waals surface area contributed by atoms with Crippen LogP contribution < -0.4 is 16.0 Å². The molecule has 0 saturated heterocycles. The van der Waals surface area contributed by atoms with Gasteiger partial charge in [0.15, 0.2) is 0 Å². The van der Waals surface area contributed by atoms with Crippen molar-refractivity contribution in [3.05, 3.63) is 0 Å². The van der Waals surface area contributed by atoms with Gasteiger partial charge in [0, 0.05) is 46.5 Å². The molecule has 0 aromatic heterocycles. The monoisotopic (exact) mass is 435 g/mol. The summed E-state index contributed by atoms with van der Waals surface area (Å²) < 4.78 is 26.1. The van der Waals surface area contributed by atoms with E-state index >= 15 is 0 Å². The average molecular weight is 436 g/mol. The fourth-order valence-electron chi connectivity index (χ4n) is 2.01. The van der Waals surface area contributed by atoms with Crippen molar-refractivity contribution in [2.75, 3.05) is 86.7 Å².